The molecule has 20 heavy (non-hydrogen) atoms. The summed E-state index contributed by atoms with van der Waals surface area (Å²) in [6.07, 6.45) is 0. The Labute approximate surface area is 117 Å². The molecular weight excluding hydrogens is 285 g/mol. The Balaban J connectivity index is 2.17. The number of nitrogens with one attached hydrogen (secondary N) is 1. The van der Waals surface area contributed by atoms with Crippen molar-refractivity contribution in [3.8, 4) is 0 Å². The number of nitrogens with two attached hydrogens (primary N) is 1. The average Bonchev–Trinajstić information content (AvgIpc) is 2.90. The molecule has 0 radical (unpaired) electrons. The van der Waals surface area contributed by atoms with Crippen molar-refractivity contribution in [1.29, 1.82) is 0 Å². The van der Waals surface area contributed by atoms with Gasteiger partial charge in [-0.3, -0.25) is 14.9 Å². The molecule has 1 amide bonds. The molecule has 1 aromatic heterocycles. The molecule has 1 atom stereocenters. The Hall–Kier alpha value is -2.32. The van der Waals surface area contributed by atoms with Gasteiger partial charge in [0.05, 0.1) is 16.7 Å². The number of anilines is 1. The van der Waals surface area contributed by atoms with Gasteiger partial charge in [-0.1, -0.05) is 6.07 Å². The SMILES string of the molecule is NC(C(=O)Nc1cc(F)cc([N+](=O)[O-])c1)c1cccs1. The highest BCUT2D eigenvalue weighted by Gasteiger charge is 2.18. The van der Waals surface area contributed by atoms with Crippen molar-refractivity contribution in [1.82, 2.24) is 0 Å². The second-order valence-electron chi connectivity index (χ2n) is 3.94. The summed E-state index contributed by atoms with van der Waals surface area (Å²) < 4.78 is 13.2. The first-order valence-corrected chi connectivity index (χ1v) is 6.40. The molecule has 6 nitrogen and oxygen atoms in total. The maximum absolute atomic E-state index is 13.2. The second-order valence-corrected chi connectivity index (χ2v) is 4.92. The minimum absolute atomic E-state index is 0.00583. The lowest BCUT2D eigenvalue weighted by atomic mass is 10.2. The van der Waals surface area contributed by atoms with E-state index in [-0.39, 0.29) is 5.69 Å². The highest BCUT2D eigenvalue weighted by Crippen LogP contribution is 2.22. The molecule has 1 heterocycles. The number of nitro benzene ring substituents is 1. The number of thiophene rings is 1. The first kappa shape index (κ1) is 14.1. The van der Waals surface area contributed by atoms with E-state index >= 15 is 0 Å². The Kier molecular flexibility index (Phi) is 4.06. The van der Waals surface area contributed by atoms with Crippen LogP contribution in [0.25, 0.3) is 0 Å². The molecule has 104 valence electrons. The first-order valence-electron chi connectivity index (χ1n) is 5.52. The van der Waals surface area contributed by atoms with E-state index in [1.807, 2.05) is 0 Å². The van der Waals surface area contributed by atoms with Gasteiger partial charge in [0, 0.05) is 10.9 Å². The lowest BCUT2D eigenvalue weighted by Gasteiger charge is -2.10. The smallest absolute Gasteiger partial charge is 0.274 e. The van der Waals surface area contributed by atoms with E-state index in [9.17, 15) is 19.3 Å². The van der Waals surface area contributed by atoms with Crippen LogP contribution in [0.1, 0.15) is 10.9 Å². The number of nitrogens with zero attached hydrogens (tertiary/aromatic N) is 1. The third-order valence-electron chi connectivity index (χ3n) is 2.49. The number of hydrogen-bond acceptors (Lipinski definition) is 5. The maximum Gasteiger partial charge on any atom is 0.274 e. The molecule has 3 N–H and O–H groups in total. The molecule has 0 aliphatic heterocycles. The molecule has 0 aliphatic rings. The number of benzene rings is 1. The Morgan fingerprint density at radius 3 is 2.80 bits per heavy atom. The maximum atomic E-state index is 13.2. The van der Waals surface area contributed by atoms with Crippen molar-refractivity contribution in [3.05, 3.63) is 56.5 Å². The van der Waals surface area contributed by atoms with Gasteiger partial charge in [-0.05, 0) is 17.5 Å². The van der Waals surface area contributed by atoms with Gasteiger partial charge in [0.2, 0.25) is 5.91 Å². The molecule has 0 spiro atoms. The topological polar surface area (TPSA) is 98.3 Å². The van der Waals surface area contributed by atoms with Gasteiger partial charge in [-0.15, -0.1) is 11.3 Å². The zero-order valence-corrected chi connectivity index (χ0v) is 10.9. The van der Waals surface area contributed by atoms with Crippen molar-refractivity contribution in [3.63, 3.8) is 0 Å². The van der Waals surface area contributed by atoms with Crippen LogP contribution in [0, 0.1) is 15.9 Å². The van der Waals surface area contributed by atoms with Crippen LogP contribution in [0.2, 0.25) is 0 Å². The summed E-state index contributed by atoms with van der Waals surface area (Å²) in [5, 5.41) is 14.8. The van der Waals surface area contributed by atoms with E-state index in [1.165, 1.54) is 11.3 Å². The van der Waals surface area contributed by atoms with Crippen LogP contribution in [-0.2, 0) is 4.79 Å². The van der Waals surface area contributed by atoms with Gasteiger partial charge in [0.15, 0.2) is 0 Å². The predicted molar refractivity (Wildman–Crippen MR) is 72.9 cm³/mol. The third kappa shape index (κ3) is 3.16. The molecule has 0 bridgehead atoms. The molecule has 0 saturated heterocycles. The number of rotatable bonds is 4. The molecular formula is C12H10FN3O3S. The van der Waals surface area contributed by atoms with Crippen molar-refractivity contribution in [2.24, 2.45) is 5.73 Å². The van der Waals surface area contributed by atoms with Gasteiger partial charge in [-0.25, -0.2) is 4.39 Å². The zero-order valence-electron chi connectivity index (χ0n) is 10.1. The Morgan fingerprint density at radius 2 is 2.20 bits per heavy atom. The fourth-order valence-electron chi connectivity index (χ4n) is 1.57. The van der Waals surface area contributed by atoms with Crippen LogP contribution in [-0.4, -0.2) is 10.8 Å². The molecule has 2 aromatic rings. The van der Waals surface area contributed by atoms with E-state index in [0.29, 0.717) is 4.88 Å². The monoisotopic (exact) mass is 295 g/mol. The molecule has 1 unspecified atom stereocenters. The highest BCUT2D eigenvalue weighted by atomic mass is 32.1. The summed E-state index contributed by atoms with van der Waals surface area (Å²) in [7, 11) is 0. The number of halogens is 1. The van der Waals surface area contributed by atoms with Crippen molar-refractivity contribution in [2.75, 3.05) is 5.32 Å². The molecule has 0 saturated carbocycles. The summed E-state index contributed by atoms with van der Waals surface area (Å²) in [6.45, 7) is 0. The highest BCUT2D eigenvalue weighted by molar-refractivity contribution is 7.10. The van der Waals surface area contributed by atoms with Crippen molar-refractivity contribution >= 4 is 28.6 Å². The van der Waals surface area contributed by atoms with E-state index < -0.39 is 28.4 Å². The fourth-order valence-corrected chi connectivity index (χ4v) is 2.29. The summed E-state index contributed by atoms with van der Waals surface area (Å²) in [5.41, 5.74) is 5.29. The van der Waals surface area contributed by atoms with Crippen LogP contribution >= 0.6 is 11.3 Å². The van der Waals surface area contributed by atoms with Gasteiger partial charge in [-0.2, -0.15) is 0 Å². The molecule has 0 aliphatic carbocycles. The van der Waals surface area contributed by atoms with Crippen LogP contribution in [0.4, 0.5) is 15.8 Å². The number of carbonyl (C=O) groups is 1. The Morgan fingerprint density at radius 1 is 1.45 bits per heavy atom. The first-order chi connectivity index (χ1) is 9.47. The number of nitro groups is 1. The fraction of sp³-hybridized carbons (Fsp3) is 0.0833. The summed E-state index contributed by atoms with van der Waals surface area (Å²) in [4.78, 5) is 22.4. The van der Waals surface area contributed by atoms with E-state index in [0.717, 1.165) is 18.2 Å². The molecule has 0 fully saturated rings. The summed E-state index contributed by atoms with van der Waals surface area (Å²) in [5.74, 6) is -1.37. The van der Waals surface area contributed by atoms with Crippen molar-refractivity contribution in [2.45, 2.75) is 6.04 Å². The zero-order chi connectivity index (χ0) is 14.7. The third-order valence-corrected chi connectivity index (χ3v) is 3.45. The Bertz CT molecular complexity index is 645. The van der Waals surface area contributed by atoms with Crippen molar-refractivity contribution < 1.29 is 14.1 Å². The summed E-state index contributed by atoms with van der Waals surface area (Å²) in [6, 6.07) is 5.38. The van der Waals surface area contributed by atoms with Crippen LogP contribution in [0.3, 0.4) is 0 Å². The van der Waals surface area contributed by atoms with E-state index in [4.69, 9.17) is 5.73 Å². The lowest BCUT2D eigenvalue weighted by Crippen LogP contribution is -2.27. The van der Waals surface area contributed by atoms with Crippen LogP contribution in [0.15, 0.2) is 35.7 Å². The van der Waals surface area contributed by atoms with Gasteiger partial charge in [0.1, 0.15) is 11.9 Å². The number of hydrogen-bond donors (Lipinski definition) is 2. The van der Waals surface area contributed by atoms with Crippen LogP contribution in [0.5, 0.6) is 0 Å². The lowest BCUT2D eigenvalue weighted by molar-refractivity contribution is -0.385. The standard InChI is InChI=1S/C12H10FN3O3S/c13-7-4-8(6-9(5-7)16(18)19)15-12(17)11(14)10-2-1-3-20-10/h1-6,11H,14H2,(H,15,17). The van der Waals surface area contributed by atoms with Gasteiger partial charge in [0.25, 0.3) is 5.69 Å². The van der Waals surface area contributed by atoms with Gasteiger partial charge >= 0.3 is 0 Å². The van der Waals surface area contributed by atoms with Crippen LogP contribution < -0.4 is 11.1 Å². The quantitative estimate of drug-likeness (QED) is 0.668. The average molecular weight is 295 g/mol. The normalized spacial score (nSPS) is 11.9. The number of carbonyl (C=O) groups excluding carboxylic acids is 1. The molecule has 8 heteroatoms. The van der Waals surface area contributed by atoms with E-state index in [1.54, 1.807) is 17.5 Å². The minimum atomic E-state index is -0.905. The van der Waals surface area contributed by atoms with E-state index in [2.05, 4.69) is 5.32 Å². The largest absolute Gasteiger partial charge is 0.324 e. The van der Waals surface area contributed by atoms with Gasteiger partial charge < -0.3 is 11.1 Å². The number of amides is 1. The summed E-state index contributed by atoms with van der Waals surface area (Å²) >= 11 is 1.31. The number of non-ortho nitro benzene ring substituents is 1. The molecule has 1 aromatic carbocycles. The second kappa shape index (κ2) is 5.76. The predicted octanol–water partition coefficient (Wildman–Crippen LogP) is 2.43. The minimum Gasteiger partial charge on any atom is -0.324 e. The molecule has 2 rings (SSSR count).